The number of nitriles is 1. The minimum absolute atomic E-state index is 0.0329. The quantitative estimate of drug-likeness (QED) is 0.726. The van der Waals surface area contributed by atoms with Gasteiger partial charge >= 0.3 is 0 Å². The molecule has 2 heterocycles. The standard InChI is InChI=1S/C24H21N3O3/c1-15-12-20-22(24(28)27(15)14-16-8-10-18(29-2)11-9-16)21(17-6-4-3-5-7-17)19(13-25)23(26)30-20/h3-12,21H,14,26H2,1-2H3. The first-order chi connectivity index (χ1) is 14.5. The van der Waals surface area contributed by atoms with Gasteiger partial charge in [-0.15, -0.1) is 0 Å². The van der Waals surface area contributed by atoms with E-state index in [1.54, 1.807) is 17.7 Å². The molecule has 0 bridgehead atoms. The fraction of sp³-hybridized carbons (Fsp3) is 0.167. The first kappa shape index (κ1) is 19.3. The van der Waals surface area contributed by atoms with E-state index in [4.69, 9.17) is 15.2 Å². The molecule has 0 saturated heterocycles. The summed E-state index contributed by atoms with van der Waals surface area (Å²) < 4.78 is 12.6. The molecule has 0 spiro atoms. The number of fused-ring (bicyclic) bond motifs is 1. The number of benzene rings is 2. The van der Waals surface area contributed by atoms with Crippen LogP contribution in [0.5, 0.6) is 11.5 Å². The molecule has 0 radical (unpaired) electrons. The molecule has 0 amide bonds. The van der Waals surface area contributed by atoms with E-state index in [1.807, 2.05) is 61.5 Å². The van der Waals surface area contributed by atoms with Crippen molar-refractivity contribution in [3.63, 3.8) is 0 Å². The van der Waals surface area contributed by atoms with Crippen molar-refractivity contribution in [1.29, 1.82) is 5.26 Å². The first-order valence-corrected chi connectivity index (χ1v) is 9.53. The van der Waals surface area contributed by atoms with Crippen LogP contribution in [0, 0.1) is 18.3 Å². The molecule has 30 heavy (non-hydrogen) atoms. The Morgan fingerprint density at radius 3 is 2.50 bits per heavy atom. The second kappa shape index (κ2) is 7.80. The Balaban J connectivity index is 1.87. The van der Waals surface area contributed by atoms with Gasteiger partial charge in [0, 0.05) is 11.8 Å². The summed E-state index contributed by atoms with van der Waals surface area (Å²) in [6.45, 7) is 2.25. The van der Waals surface area contributed by atoms with Gasteiger partial charge in [0.25, 0.3) is 5.56 Å². The van der Waals surface area contributed by atoms with Gasteiger partial charge in [-0.1, -0.05) is 42.5 Å². The van der Waals surface area contributed by atoms with Gasteiger partial charge < -0.3 is 19.8 Å². The zero-order chi connectivity index (χ0) is 21.3. The average Bonchev–Trinajstić information content (AvgIpc) is 2.76. The fourth-order valence-corrected chi connectivity index (χ4v) is 3.78. The van der Waals surface area contributed by atoms with Gasteiger partial charge in [0.05, 0.1) is 25.1 Å². The van der Waals surface area contributed by atoms with E-state index in [1.165, 1.54) is 0 Å². The molecule has 0 aliphatic carbocycles. The summed E-state index contributed by atoms with van der Waals surface area (Å²) in [5, 5.41) is 9.73. The van der Waals surface area contributed by atoms with Crippen molar-refractivity contribution in [1.82, 2.24) is 4.57 Å². The molecule has 2 N–H and O–H groups in total. The van der Waals surface area contributed by atoms with Gasteiger partial charge in [0.15, 0.2) is 0 Å². The number of pyridine rings is 1. The minimum atomic E-state index is -0.574. The van der Waals surface area contributed by atoms with Crippen LogP contribution < -0.4 is 20.8 Å². The van der Waals surface area contributed by atoms with Gasteiger partial charge in [0.2, 0.25) is 5.88 Å². The lowest BCUT2D eigenvalue weighted by Gasteiger charge is -2.27. The third kappa shape index (κ3) is 3.31. The Morgan fingerprint density at radius 2 is 1.87 bits per heavy atom. The van der Waals surface area contributed by atoms with Crippen LogP contribution in [0.4, 0.5) is 0 Å². The molecule has 6 nitrogen and oxygen atoms in total. The van der Waals surface area contributed by atoms with Crippen molar-refractivity contribution < 1.29 is 9.47 Å². The third-order valence-electron chi connectivity index (χ3n) is 5.32. The topological polar surface area (TPSA) is 90.3 Å². The Hall–Kier alpha value is -3.98. The van der Waals surface area contributed by atoms with Crippen LogP contribution in [0.2, 0.25) is 0 Å². The average molecular weight is 399 g/mol. The van der Waals surface area contributed by atoms with Gasteiger partial charge in [-0.25, -0.2) is 0 Å². The summed E-state index contributed by atoms with van der Waals surface area (Å²) in [4.78, 5) is 13.6. The molecule has 1 atom stereocenters. The number of nitrogens with two attached hydrogens (primary N) is 1. The molecule has 1 aromatic heterocycles. The van der Waals surface area contributed by atoms with Crippen LogP contribution >= 0.6 is 0 Å². The summed E-state index contributed by atoms with van der Waals surface area (Å²) in [5.74, 6) is 0.611. The highest BCUT2D eigenvalue weighted by Crippen LogP contribution is 2.40. The highest BCUT2D eigenvalue weighted by molar-refractivity contribution is 5.55. The molecule has 1 unspecified atom stereocenters. The van der Waals surface area contributed by atoms with Gasteiger partial charge in [-0.2, -0.15) is 5.26 Å². The van der Waals surface area contributed by atoms with Crippen molar-refractivity contribution in [3.05, 3.63) is 105 Å². The molecule has 1 aliphatic rings. The van der Waals surface area contributed by atoms with Crippen LogP contribution in [0.25, 0.3) is 0 Å². The second-order valence-corrected chi connectivity index (χ2v) is 7.14. The molecule has 150 valence electrons. The zero-order valence-electron chi connectivity index (χ0n) is 16.8. The molecule has 4 rings (SSSR count). The van der Waals surface area contributed by atoms with E-state index in [-0.39, 0.29) is 17.0 Å². The lowest BCUT2D eigenvalue weighted by molar-refractivity contribution is 0.389. The largest absolute Gasteiger partial charge is 0.497 e. The zero-order valence-corrected chi connectivity index (χ0v) is 16.8. The Labute approximate surface area is 174 Å². The van der Waals surface area contributed by atoms with E-state index in [0.29, 0.717) is 17.9 Å². The van der Waals surface area contributed by atoms with Crippen LogP contribution in [0.3, 0.4) is 0 Å². The number of aromatic nitrogens is 1. The van der Waals surface area contributed by atoms with E-state index < -0.39 is 5.92 Å². The molecule has 0 fully saturated rings. The minimum Gasteiger partial charge on any atom is -0.497 e. The number of ether oxygens (including phenoxy) is 2. The lowest BCUT2D eigenvalue weighted by Crippen LogP contribution is -2.33. The Kier molecular flexibility index (Phi) is 5.03. The number of methoxy groups -OCH3 is 1. The fourth-order valence-electron chi connectivity index (χ4n) is 3.78. The maximum Gasteiger partial charge on any atom is 0.259 e. The highest BCUT2D eigenvalue weighted by atomic mass is 16.5. The third-order valence-corrected chi connectivity index (χ3v) is 5.32. The molecule has 0 saturated carbocycles. The number of aryl methyl sites for hydroxylation is 1. The van der Waals surface area contributed by atoms with Gasteiger partial charge in [-0.3, -0.25) is 4.79 Å². The van der Waals surface area contributed by atoms with Crippen LogP contribution in [-0.2, 0) is 6.54 Å². The first-order valence-electron chi connectivity index (χ1n) is 9.53. The monoisotopic (exact) mass is 399 g/mol. The SMILES string of the molecule is COc1ccc(Cn2c(C)cc3c(c2=O)C(c2ccccc2)C(C#N)=C(N)O3)cc1. The molecule has 2 aromatic carbocycles. The van der Waals surface area contributed by atoms with Crippen LogP contribution in [-0.4, -0.2) is 11.7 Å². The van der Waals surface area contributed by atoms with Crippen LogP contribution in [0.15, 0.2) is 76.9 Å². The summed E-state index contributed by atoms with van der Waals surface area (Å²) in [6, 6.07) is 20.9. The maximum atomic E-state index is 13.6. The molecular weight excluding hydrogens is 378 g/mol. The molecule has 3 aromatic rings. The number of nitrogens with zero attached hydrogens (tertiary/aromatic N) is 2. The number of rotatable bonds is 4. The molecular formula is C24H21N3O3. The van der Waals surface area contributed by atoms with E-state index in [2.05, 4.69) is 6.07 Å². The number of hydrogen-bond acceptors (Lipinski definition) is 5. The van der Waals surface area contributed by atoms with E-state index in [9.17, 15) is 10.1 Å². The van der Waals surface area contributed by atoms with Gasteiger partial charge in [-0.05, 0) is 30.2 Å². The summed E-state index contributed by atoms with van der Waals surface area (Å²) in [6.07, 6.45) is 0. The predicted molar refractivity (Wildman–Crippen MR) is 113 cm³/mol. The molecule has 1 aliphatic heterocycles. The lowest BCUT2D eigenvalue weighted by atomic mass is 9.84. The number of hydrogen-bond donors (Lipinski definition) is 1. The summed E-state index contributed by atoms with van der Waals surface area (Å²) in [7, 11) is 1.61. The van der Waals surface area contributed by atoms with E-state index in [0.717, 1.165) is 22.6 Å². The molecule has 6 heteroatoms. The van der Waals surface area contributed by atoms with Crippen LogP contribution in [0.1, 0.15) is 28.3 Å². The normalized spacial score (nSPS) is 15.2. The van der Waals surface area contributed by atoms with Crippen molar-refractivity contribution in [3.8, 4) is 17.6 Å². The Morgan fingerprint density at radius 1 is 1.17 bits per heavy atom. The number of allylic oxidation sites excluding steroid dienone is 1. The predicted octanol–water partition coefficient (Wildman–Crippen LogP) is 3.43. The van der Waals surface area contributed by atoms with Crippen molar-refractivity contribution in [2.75, 3.05) is 7.11 Å². The second-order valence-electron chi connectivity index (χ2n) is 7.14. The highest BCUT2D eigenvalue weighted by Gasteiger charge is 2.34. The summed E-state index contributed by atoms with van der Waals surface area (Å²) >= 11 is 0. The van der Waals surface area contributed by atoms with Crippen molar-refractivity contribution in [2.24, 2.45) is 5.73 Å². The van der Waals surface area contributed by atoms with Gasteiger partial charge in [0.1, 0.15) is 23.1 Å². The Bertz CT molecular complexity index is 1220. The maximum absolute atomic E-state index is 13.6. The van der Waals surface area contributed by atoms with E-state index >= 15 is 0 Å². The smallest absolute Gasteiger partial charge is 0.259 e. The van der Waals surface area contributed by atoms with Crippen molar-refractivity contribution in [2.45, 2.75) is 19.4 Å². The van der Waals surface area contributed by atoms with Crippen molar-refractivity contribution >= 4 is 0 Å². The summed E-state index contributed by atoms with van der Waals surface area (Å²) in [5.41, 5.74) is 9.03.